The van der Waals surface area contributed by atoms with Crippen LogP contribution in [0.3, 0.4) is 0 Å². The molecule has 0 atom stereocenters. The third-order valence-electron chi connectivity index (χ3n) is 4.46. The number of nitrogens with zero attached hydrogens (tertiary/aromatic N) is 3. The molecule has 0 radical (unpaired) electrons. The van der Waals surface area contributed by atoms with E-state index in [0.717, 1.165) is 4.90 Å². The van der Waals surface area contributed by atoms with E-state index in [4.69, 9.17) is 15.0 Å². The number of nitrogens with one attached hydrogen (secondary N) is 3. The van der Waals surface area contributed by atoms with E-state index in [1.807, 2.05) is 24.3 Å². The van der Waals surface area contributed by atoms with Gasteiger partial charge in [-0.25, -0.2) is 9.97 Å². The Bertz CT molecular complexity index is 1440. The third-order valence-corrected chi connectivity index (χ3v) is 5.35. The summed E-state index contributed by atoms with van der Waals surface area (Å²) in [6.45, 7) is 3.65. The van der Waals surface area contributed by atoms with Crippen molar-refractivity contribution in [2.24, 2.45) is 0 Å². The highest BCUT2D eigenvalue weighted by Crippen LogP contribution is 2.31. The number of carbonyl (C=O) groups is 1. The number of carbonyl (C=O) groups excluding carboxylic acids is 1. The van der Waals surface area contributed by atoms with Crippen molar-refractivity contribution in [3.05, 3.63) is 71.8 Å². The average Bonchev–Trinajstić information content (AvgIpc) is 3.22. The molecule has 0 aliphatic rings. The Hall–Kier alpha value is -4.36. The second-order valence-electron chi connectivity index (χ2n) is 6.78. The van der Waals surface area contributed by atoms with Gasteiger partial charge in [-0.1, -0.05) is 24.4 Å². The number of hydrogen-bond acceptors (Lipinski definition) is 7. The average molecular weight is 459 g/mol. The van der Waals surface area contributed by atoms with Crippen molar-refractivity contribution < 1.29 is 9.53 Å². The number of nitriles is 1. The van der Waals surface area contributed by atoms with E-state index in [1.165, 1.54) is 23.9 Å². The summed E-state index contributed by atoms with van der Waals surface area (Å²) in [5.74, 6) is 0.0818. The minimum absolute atomic E-state index is 0.195. The van der Waals surface area contributed by atoms with Crippen molar-refractivity contribution in [1.29, 1.82) is 5.26 Å². The first kappa shape index (κ1) is 21.9. The fourth-order valence-corrected chi connectivity index (χ4v) is 3.86. The predicted molar refractivity (Wildman–Crippen MR) is 125 cm³/mol. The van der Waals surface area contributed by atoms with Crippen LogP contribution in [0.1, 0.15) is 6.42 Å². The lowest BCUT2D eigenvalue weighted by Gasteiger charge is -2.07. The molecule has 4 aromatic rings. The van der Waals surface area contributed by atoms with Crippen LogP contribution in [0.5, 0.6) is 5.75 Å². The monoisotopic (exact) mass is 458 g/mol. The van der Waals surface area contributed by atoms with E-state index in [1.54, 1.807) is 24.5 Å². The zero-order valence-electron chi connectivity index (χ0n) is 17.3. The summed E-state index contributed by atoms with van der Waals surface area (Å²) < 4.78 is 5.50. The number of rotatable bonds is 8. The number of pyridine rings is 1. The molecule has 3 N–H and O–H groups in total. The number of hydrogen-bond donors (Lipinski definition) is 3. The van der Waals surface area contributed by atoms with Crippen molar-refractivity contribution in [2.75, 3.05) is 11.9 Å². The number of anilines is 1. The number of fused-ring (bicyclic) bond motifs is 1. The number of benzene rings is 1. The number of ether oxygens (including phenoxy) is 1. The quantitative estimate of drug-likeness (QED) is 0.269. The normalized spacial score (nSPS) is 10.5. The molecule has 0 saturated carbocycles. The van der Waals surface area contributed by atoms with Crippen LogP contribution in [0.25, 0.3) is 22.4 Å². The van der Waals surface area contributed by atoms with Gasteiger partial charge in [0.1, 0.15) is 22.9 Å². The highest BCUT2D eigenvalue weighted by molar-refractivity contribution is 7.99. The molecule has 0 saturated heterocycles. The Kier molecular flexibility index (Phi) is 6.52. The Morgan fingerprint density at radius 2 is 2.21 bits per heavy atom. The Balaban J connectivity index is 1.63. The van der Waals surface area contributed by atoms with Crippen LogP contribution in [-0.4, -0.2) is 32.4 Å². The van der Waals surface area contributed by atoms with Crippen molar-refractivity contribution >= 4 is 34.5 Å². The van der Waals surface area contributed by atoms with Crippen LogP contribution in [0, 0.1) is 11.3 Å². The van der Waals surface area contributed by atoms with Gasteiger partial charge in [-0.05, 0) is 24.3 Å². The number of aromatic amines is 2. The first-order valence-electron chi connectivity index (χ1n) is 9.85. The van der Waals surface area contributed by atoms with Crippen molar-refractivity contribution in [3.63, 3.8) is 0 Å². The molecule has 3 heterocycles. The van der Waals surface area contributed by atoms with Crippen molar-refractivity contribution in [2.45, 2.75) is 16.3 Å². The molecular formula is C23H18N6O3S. The zero-order valence-corrected chi connectivity index (χ0v) is 18.1. The van der Waals surface area contributed by atoms with E-state index in [2.05, 4.69) is 26.8 Å². The molecule has 3 aromatic heterocycles. The molecular weight excluding hydrogens is 440 g/mol. The van der Waals surface area contributed by atoms with Crippen LogP contribution in [0.4, 0.5) is 5.69 Å². The van der Waals surface area contributed by atoms with Gasteiger partial charge >= 0.3 is 0 Å². The number of H-pyrrole nitrogens is 2. The van der Waals surface area contributed by atoms with Crippen molar-refractivity contribution in [3.8, 4) is 23.1 Å². The number of amides is 1. The highest BCUT2D eigenvalue weighted by Gasteiger charge is 2.13. The van der Waals surface area contributed by atoms with Gasteiger partial charge < -0.3 is 20.0 Å². The fourth-order valence-electron chi connectivity index (χ4n) is 3.04. The Labute approximate surface area is 192 Å². The summed E-state index contributed by atoms with van der Waals surface area (Å²) in [5.41, 5.74) is 2.65. The Morgan fingerprint density at radius 1 is 1.33 bits per heavy atom. The molecule has 9 nitrogen and oxygen atoms in total. The molecule has 0 bridgehead atoms. The molecule has 10 heteroatoms. The maximum absolute atomic E-state index is 12.1. The first-order chi connectivity index (χ1) is 16.1. The van der Waals surface area contributed by atoms with Crippen LogP contribution in [0.2, 0.25) is 0 Å². The van der Waals surface area contributed by atoms with E-state index in [9.17, 15) is 9.59 Å². The second kappa shape index (κ2) is 9.84. The molecule has 1 amide bonds. The van der Waals surface area contributed by atoms with Crippen LogP contribution < -0.4 is 15.6 Å². The van der Waals surface area contributed by atoms with Gasteiger partial charge in [0.05, 0.1) is 24.4 Å². The highest BCUT2D eigenvalue weighted by atomic mass is 32.2. The molecule has 164 valence electrons. The fraction of sp³-hybridized carbons (Fsp3) is 0.0870. The molecule has 0 aliphatic carbocycles. The molecule has 1 aromatic carbocycles. The molecule has 33 heavy (non-hydrogen) atoms. The molecule has 4 rings (SSSR count). The van der Waals surface area contributed by atoms with E-state index in [-0.39, 0.29) is 24.5 Å². The summed E-state index contributed by atoms with van der Waals surface area (Å²) in [4.78, 5) is 39.5. The summed E-state index contributed by atoms with van der Waals surface area (Å²) in [6.07, 6.45) is 4.79. The lowest BCUT2D eigenvalue weighted by atomic mass is 10.2. The van der Waals surface area contributed by atoms with E-state index in [0.29, 0.717) is 38.9 Å². The standard InChI is InChI=1S/C23H18N6O3S/c1-2-19(30)27-14-5-3-6-16(9-14)33-21-13-26-23-22(29-21)17(12-25-23)18-10-15(11-20(31)28-18)32-8-4-7-24/h2-3,5-6,9-13H,1,4,8H2,(H,25,26)(H,27,30)(H,28,31). The van der Waals surface area contributed by atoms with E-state index < -0.39 is 0 Å². The lowest BCUT2D eigenvalue weighted by molar-refractivity contribution is -0.111. The third kappa shape index (κ3) is 5.28. The number of aromatic nitrogens is 4. The van der Waals surface area contributed by atoms with Gasteiger partial charge in [0.25, 0.3) is 5.56 Å². The maximum atomic E-state index is 12.1. The van der Waals surface area contributed by atoms with Crippen LogP contribution >= 0.6 is 11.8 Å². The smallest absolute Gasteiger partial charge is 0.252 e. The Morgan fingerprint density at radius 3 is 3.03 bits per heavy atom. The second-order valence-corrected chi connectivity index (χ2v) is 7.88. The van der Waals surface area contributed by atoms with Gasteiger partial charge in [-0.15, -0.1) is 0 Å². The van der Waals surface area contributed by atoms with E-state index >= 15 is 0 Å². The van der Waals surface area contributed by atoms with Gasteiger partial charge in [0, 0.05) is 34.5 Å². The largest absolute Gasteiger partial charge is 0.492 e. The maximum Gasteiger partial charge on any atom is 0.252 e. The van der Waals surface area contributed by atoms with Gasteiger partial charge in [-0.3, -0.25) is 9.59 Å². The minimum atomic E-state index is -0.328. The summed E-state index contributed by atoms with van der Waals surface area (Å²) >= 11 is 1.39. The van der Waals surface area contributed by atoms with Gasteiger partial charge in [0.2, 0.25) is 5.91 Å². The van der Waals surface area contributed by atoms with Crippen molar-refractivity contribution in [1.82, 2.24) is 19.9 Å². The summed E-state index contributed by atoms with van der Waals surface area (Å²) in [6, 6.07) is 12.4. The summed E-state index contributed by atoms with van der Waals surface area (Å²) in [7, 11) is 0. The SMILES string of the molecule is C=CC(=O)Nc1cccc(Sc2cnc3[nH]cc(-c4cc(OCCC#N)cc(=O)[nH]4)c3n2)c1. The minimum Gasteiger partial charge on any atom is -0.492 e. The lowest BCUT2D eigenvalue weighted by Crippen LogP contribution is -2.07. The van der Waals surface area contributed by atoms with Crippen LogP contribution in [0.15, 0.2) is 76.2 Å². The topological polar surface area (TPSA) is 137 Å². The van der Waals surface area contributed by atoms with Gasteiger partial charge in [0.15, 0.2) is 5.65 Å². The molecule has 0 fully saturated rings. The van der Waals surface area contributed by atoms with Crippen LogP contribution in [-0.2, 0) is 4.79 Å². The summed E-state index contributed by atoms with van der Waals surface area (Å²) in [5, 5.41) is 12.0. The predicted octanol–water partition coefficient (Wildman–Crippen LogP) is 3.88. The zero-order chi connectivity index (χ0) is 23.2. The molecule has 0 spiro atoms. The molecule has 0 unspecified atom stereocenters. The van der Waals surface area contributed by atoms with Gasteiger partial charge in [-0.2, -0.15) is 5.26 Å². The first-order valence-corrected chi connectivity index (χ1v) is 10.7. The molecule has 0 aliphatic heterocycles.